The summed E-state index contributed by atoms with van der Waals surface area (Å²) in [5.41, 5.74) is 1.65. The number of nitrogens with zero attached hydrogens (tertiary/aromatic N) is 3. The second kappa shape index (κ2) is 11.5. The highest BCUT2D eigenvalue weighted by Gasteiger charge is 2.52. The molecule has 0 bridgehead atoms. The Morgan fingerprint density at radius 2 is 1.95 bits per heavy atom. The number of likely N-dealkylation sites (tertiary alicyclic amines) is 1. The Bertz CT molecular complexity index is 1380. The normalized spacial score (nSPS) is 20.1. The molecule has 0 aliphatic carbocycles. The number of aromatic nitrogens is 2. The highest BCUT2D eigenvalue weighted by Crippen LogP contribution is 2.36. The summed E-state index contributed by atoms with van der Waals surface area (Å²) >= 11 is 0. The Balaban J connectivity index is 1.63. The zero-order chi connectivity index (χ0) is 29.2. The fourth-order valence-electron chi connectivity index (χ4n) is 5.24. The molecule has 3 atom stereocenters. The van der Waals surface area contributed by atoms with Crippen LogP contribution in [0.25, 0.3) is 22.2 Å². The highest BCUT2D eigenvalue weighted by molar-refractivity contribution is 5.93. The van der Waals surface area contributed by atoms with Gasteiger partial charge in [-0.1, -0.05) is 24.3 Å². The maximum atomic E-state index is 12.9. The molecule has 216 valence electrons. The molecular weight excluding hydrogens is 512 g/mol. The fourth-order valence-corrected chi connectivity index (χ4v) is 5.24. The lowest BCUT2D eigenvalue weighted by Gasteiger charge is -2.32. The van der Waals surface area contributed by atoms with Crippen LogP contribution in [-0.4, -0.2) is 82.2 Å². The third kappa shape index (κ3) is 6.08. The number of nitrogens with one attached hydrogen (secondary N) is 1. The number of hydrogen-bond acceptors (Lipinski definition) is 7. The molecule has 1 saturated heterocycles. The van der Waals surface area contributed by atoms with Crippen LogP contribution in [0.3, 0.4) is 0 Å². The first-order valence-corrected chi connectivity index (χ1v) is 13.5. The first kappa shape index (κ1) is 29.4. The largest absolute Gasteiger partial charge is 0.488 e. The van der Waals surface area contributed by atoms with Crippen LogP contribution in [0.15, 0.2) is 42.5 Å². The molecule has 0 saturated carbocycles. The molecule has 3 aromatic rings. The third-order valence-electron chi connectivity index (χ3n) is 7.24. The highest BCUT2D eigenvalue weighted by atomic mass is 16.6. The quantitative estimate of drug-likeness (QED) is 0.399. The van der Waals surface area contributed by atoms with Gasteiger partial charge in [0.25, 0.3) is 0 Å². The Morgan fingerprint density at radius 3 is 2.60 bits per heavy atom. The monoisotopic (exact) mass is 552 g/mol. The molecule has 40 heavy (non-hydrogen) atoms. The number of carboxylic acid groups (broad SMARTS) is 1. The molecule has 1 unspecified atom stereocenters. The van der Waals surface area contributed by atoms with Crippen molar-refractivity contribution in [2.45, 2.75) is 70.9 Å². The number of aryl methyl sites for hydroxylation is 1. The van der Waals surface area contributed by atoms with Gasteiger partial charge in [-0.2, -0.15) is 0 Å². The van der Waals surface area contributed by atoms with Crippen molar-refractivity contribution in [3.63, 3.8) is 0 Å². The number of carboxylic acids is 1. The molecule has 10 heteroatoms. The van der Waals surface area contributed by atoms with Gasteiger partial charge in [0.05, 0.1) is 30.2 Å². The smallest absolute Gasteiger partial charge is 0.411 e. The average Bonchev–Trinajstić information content (AvgIpc) is 3.39. The molecule has 1 aliphatic heterocycles. The molecule has 1 amide bonds. The van der Waals surface area contributed by atoms with Crippen molar-refractivity contribution in [1.29, 1.82) is 0 Å². The minimum atomic E-state index is -1.44. The summed E-state index contributed by atoms with van der Waals surface area (Å²) in [6.45, 7) is 10.2. The molecular formula is C30H40N4O6. The predicted octanol–water partition coefficient (Wildman–Crippen LogP) is 4.48. The fraction of sp³-hybridized carbons (Fsp3) is 0.500. The molecule has 2 N–H and O–H groups in total. The molecule has 1 aliphatic rings. The summed E-state index contributed by atoms with van der Waals surface area (Å²) in [4.78, 5) is 31.1. The lowest BCUT2D eigenvalue weighted by molar-refractivity contribution is -0.148. The number of amides is 1. The van der Waals surface area contributed by atoms with Gasteiger partial charge in [-0.05, 0) is 65.4 Å². The van der Waals surface area contributed by atoms with Crippen LogP contribution in [0.1, 0.15) is 39.9 Å². The van der Waals surface area contributed by atoms with E-state index in [1.807, 2.05) is 50.4 Å². The lowest BCUT2D eigenvalue weighted by atomic mass is 9.98. The SMILES string of the molecule is CNCC(Cn1c(C)nc2cccc(-c3cccc(O[C@@H]4CN(C(=O)OC(C)(C)C)[C@](C)(C(=O)O)C4)c3)c21)OC. The molecule has 0 radical (unpaired) electrons. The number of carbonyl (C=O) groups is 2. The Hall–Kier alpha value is -3.63. The average molecular weight is 553 g/mol. The van der Waals surface area contributed by atoms with Gasteiger partial charge in [0.1, 0.15) is 28.8 Å². The Morgan fingerprint density at radius 1 is 1.23 bits per heavy atom. The zero-order valence-electron chi connectivity index (χ0n) is 24.4. The molecule has 1 fully saturated rings. The van der Waals surface area contributed by atoms with Crippen LogP contribution < -0.4 is 10.1 Å². The van der Waals surface area contributed by atoms with Gasteiger partial charge in [-0.25, -0.2) is 14.6 Å². The molecule has 1 aromatic heterocycles. The number of imidazole rings is 1. The van der Waals surface area contributed by atoms with Gasteiger partial charge < -0.3 is 29.2 Å². The number of hydrogen-bond donors (Lipinski definition) is 2. The van der Waals surface area contributed by atoms with Gasteiger partial charge >= 0.3 is 12.1 Å². The van der Waals surface area contributed by atoms with Crippen LogP contribution in [0.5, 0.6) is 5.75 Å². The van der Waals surface area contributed by atoms with Gasteiger partial charge in [0, 0.05) is 25.6 Å². The van der Waals surface area contributed by atoms with E-state index in [2.05, 4.69) is 16.0 Å². The summed E-state index contributed by atoms with van der Waals surface area (Å²) in [7, 11) is 3.61. The zero-order valence-corrected chi connectivity index (χ0v) is 24.4. The van der Waals surface area contributed by atoms with Gasteiger partial charge in [-0.15, -0.1) is 0 Å². The first-order chi connectivity index (χ1) is 18.9. The van der Waals surface area contributed by atoms with Crippen molar-refractivity contribution in [2.24, 2.45) is 0 Å². The molecule has 10 nitrogen and oxygen atoms in total. The number of methoxy groups -OCH3 is 1. The Labute approximate surface area is 235 Å². The van der Waals surface area contributed by atoms with Crippen molar-refractivity contribution in [3.8, 4) is 16.9 Å². The summed E-state index contributed by atoms with van der Waals surface area (Å²) in [6, 6.07) is 13.7. The second-order valence-corrected chi connectivity index (χ2v) is 11.5. The van der Waals surface area contributed by atoms with E-state index in [1.54, 1.807) is 27.9 Å². The van der Waals surface area contributed by atoms with Crippen LogP contribution in [-0.2, 0) is 20.8 Å². The number of ether oxygens (including phenoxy) is 3. The van der Waals surface area contributed by atoms with E-state index in [4.69, 9.17) is 19.2 Å². The van der Waals surface area contributed by atoms with E-state index < -0.39 is 29.3 Å². The van der Waals surface area contributed by atoms with E-state index in [0.717, 1.165) is 28.0 Å². The summed E-state index contributed by atoms with van der Waals surface area (Å²) in [5.74, 6) is 0.390. The van der Waals surface area contributed by atoms with Gasteiger partial charge in [-0.3, -0.25) is 4.90 Å². The van der Waals surface area contributed by atoms with Gasteiger partial charge in [0.15, 0.2) is 0 Å². The standard InChI is InChI=1S/C30H40N4O6/c1-19-32-25-13-9-12-24(26(25)33(19)17-23(38-7)16-31-6)20-10-8-11-21(14-20)39-22-15-30(5,27(35)36)34(18-22)28(37)40-29(2,3)4/h8-14,22-23,31H,15-18H2,1-7H3,(H,35,36)/t22-,23?,30-/m0/s1. The van der Waals surface area contributed by atoms with Crippen LogP contribution >= 0.6 is 0 Å². The van der Waals surface area contributed by atoms with Crippen molar-refractivity contribution in [1.82, 2.24) is 19.8 Å². The number of fused-ring (bicyclic) bond motifs is 1. The van der Waals surface area contributed by atoms with Crippen molar-refractivity contribution in [2.75, 3.05) is 27.2 Å². The lowest BCUT2D eigenvalue weighted by Crippen LogP contribution is -2.52. The van der Waals surface area contributed by atoms with E-state index in [0.29, 0.717) is 18.8 Å². The summed E-state index contributed by atoms with van der Waals surface area (Å²) in [5, 5.41) is 13.2. The number of benzene rings is 2. The molecule has 4 rings (SSSR count). The summed E-state index contributed by atoms with van der Waals surface area (Å²) in [6.07, 6.45) is -1.07. The number of rotatable bonds is 9. The van der Waals surface area contributed by atoms with Crippen molar-refractivity contribution < 1.29 is 28.9 Å². The topological polar surface area (TPSA) is 115 Å². The van der Waals surface area contributed by atoms with E-state index in [1.165, 1.54) is 11.8 Å². The minimum absolute atomic E-state index is 0.0253. The number of likely N-dealkylation sites (N-methyl/N-ethyl adjacent to an activating group) is 1. The van der Waals surface area contributed by atoms with E-state index in [9.17, 15) is 14.7 Å². The molecule has 0 spiro atoms. The van der Waals surface area contributed by atoms with Crippen molar-refractivity contribution in [3.05, 3.63) is 48.3 Å². The maximum Gasteiger partial charge on any atom is 0.411 e. The summed E-state index contributed by atoms with van der Waals surface area (Å²) < 4.78 is 19.6. The van der Waals surface area contributed by atoms with Crippen molar-refractivity contribution >= 4 is 23.1 Å². The molecule has 2 aromatic carbocycles. The predicted molar refractivity (Wildman–Crippen MR) is 153 cm³/mol. The van der Waals surface area contributed by atoms with Crippen LogP contribution in [0.4, 0.5) is 4.79 Å². The number of carbonyl (C=O) groups excluding carboxylic acids is 1. The van der Waals surface area contributed by atoms with Crippen LogP contribution in [0, 0.1) is 6.92 Å². The number of aliphatic carboxylic acids is 1. The third-order valence-corrected chi connectivity index (χ3v) is 7.24. The first-order valence-electron chi connectivity index (χ1n) is 13.5. The van der Waals surface area contributed by atoms with E-state index >= 15 is 0 Å². The number of para-hydroxylation sites is 1. The Kier molecular flexibility index (Phi) is 8.41. The van der Waals surface area contributed by atoms with Gasteiger partial charge in [0.2, 0.25) is 0 Å². The second-order valence-electron chi connectivity index (χ2n) is 11.5. The van der Waals surface area contributed by atoms with E-state index in [-0.39, 0.29) is 19.1 Å². The minimum Gasteiger partial charge on any atom is -0.488 e. The molecule has 2 heterocycles. The van der Waals surface area contributed by atoms with Crippen LogP contribution in [0.2, 0.25) is 0 Å². The maximum absolute atomic E-state index is 12.9.